The van der Waals surface area contributed by atoms with Crippen LogP contribution in [-0.4, -0.2) is 45.7 Å². The number of nitrogens with one attached hydrogen (secondary N) is 1. The van der Waals surface area contributed by atoms with Crippen molar-refractivity contribution in [2.75, 3.05) is 18.4 Å². The van der Waals surface area contributed by atoms with Crippen LogP contribution >= 0.6 is 11.6 Å². The lowest BCUT2D eigenvalue weighted by atomic mass is 10.2. The van der Waals surface area contributed by atoms with Crippen LogP contribution in [-0.2, 0) is 4.74 Å². The number of halogens is 1. The van der Waals surface area contributed by atoms with Gasteiger partial charge in [-0.15, -0.1) is 0 Å². The molecular formula is C15H23ClN4O2. The maximum Gasteiger partial charge on any atom is 0.410 e. The van der Waals surface area contributed by atoms with Crippen LogP contribution < -0.4 is 5.32 Å². The molecule has 1 saturated heterocycles. The zero-order valence-corrected chi connectivity index (χ0v) is 14.3. The van der Waals surface area contributed by atoms with Gasteiger partial charge in [0, 0.05) is 24.8 Å². The Balaban J connectivity index is 1.93. The topological polar surface area (TPSA) is 67.4 Å². The first kappa shape index (κ1) is 16.8. The normalized spacial score (nSPS) is 18.4. The number of aromatic nitrogens is 2. The average molecular weight is 327 g/mol. The van der Waals surface area contributed by atoms with Crippen molar-refractivity contribution in [3.8, 4) is 0 Å². The zero-order valence-electron chi connectivity index (χ0n) is 13.5. The lowest BCUT2D eigenvalue weighted by Crippen LogP contribution is -2.42. The average Bonchev–Trinajstić information content (AvgIpc) is 2.87. The first-order valence-electron chi connectivity index (χ1n) is 7.49. The summed E-state index contributed by atoms with van der Waals surface area (Å²) in [6.07, 6.45) is 3.32. The van der Waals surface area contributed by atoms with Crippen LogP contribution in [0.25, 0.3) is 0 Å². The summed E-state index contributed by atoms with van der Waals surface area (Å²) in [5.74, 6) is 0.478. The Morgan fingerprint density at radius 2 is 2.27 bits per heavy atom. The lowest BCUT2D eigenvalue weighted by molar-refractivity contribution is 0.0235. The summed E-state index contributed by atoms with van der Waals surface area (Å²) in [6.45, 7) is 8.77. The Hall–Kier alpha value is -1.56. The van der Waals surface area contributed by atoms with Crippen molar-refractivity contribution in [2.24, 2.45) is 0 Å². The molecule has 0 unspecified atom stereocenters. The predicted molar refractivity (Wildman–Crippen MR) is 86.2 cm³/mol. The number of rotatable bonds is 3. The molecule has 0 spiro atoms. The molecule has 1 amide bonds. The molecule has 1 aromatic heterocycles. The van der Waals surface area contributed by atoms with Crippen LogP contribution in [0.3, 0.4) is 0 Å². The highest BCUT2D eigenvalue weighted by Gasteiger charge is 2.32. The van der Waals surface area contributed by atoms with Gasteiger partial charge in [-0.1, -0.05) is 11.6 Å². The molecule has 0 radical (unpaired) electrons. The van der Waals surface area contributed by atoms with E-state index >= 15 is 0 Å². The molecule has 7 heteroatoms. The molecule has 2 rings (SSSR count). The number of amides is 1. The molecule has 6 nitrogen and oxygen atoms in total. The van der Waals surface area contributed by atoms with Crippen molar-refractivity contribution in [3.05, 3.63) is 16.9 Å². The number of carbonyl (C=O) groups excluding carboxylic acids is 1. The lowest BCUT2D eigenvalue weighted by Gasteiger charge is -2.28. The van der Waals surface area contributed by atoms with Crippen LogP contribution in [0, 0.1) is 6.92 Å². The van der Waals surface area contributed by atoms with Gasteiger partial charge in [-0.3, -0.25) is 0 Å². The first-order chi connectivity index (χ1) is 10.3. The van der Waals surface area contributed by atoms with Gasteiger partial charge in [0.05, 0.1) is 6.04 Å². The summed E-state index contributed by atoms with van der Waals surface area (Å²) in [5.41, 5.74) is 0.356. The standard InChI is InChI=1S/C15H23ClN4O2/c1-10-8-17-13(19-12(10)16)18-9-11-6-5-7-20(11)14(21)22-15(2,3)4/h8,11H,5-7,9H2,1-4H3,(H,17,18,19)/t11-/m1/s1. The molecule has 0 aliphatic carbocycles. The van der Waals surface area contributed by atoms with Gasteiger partial charge in [-0.25, -0.2) is 14.8 Å². The third kappa shape index (κ3) is 4.47. The summed E-state index contributed by atoms with van der Waals surface area (Å²) in [4.78, 5) is 22.3. The fraction of sp³-hybridized carbons (Fsp3) is 0.667. The Morgan fingerprint density at radius 1 is 1.55 bits per heavy atom. The SMILES string of the molecule is Cc1cnc(NC[C@H]2CCCN2C(=O)OC(C)(C)C)nc1Cl. The van der Waals surface area contributed by atoms with E-state index in [4.69, 9.17) is 16.3 Å². The van der Waals surface area contributed by atoms with Gasteiger partial charge in [0.2, 0.25) is 5.95 Å². The summed E-state index contributed by atoms with van der Waals surface area (Å²) < 4.78 is 5.45. The third-order valence-electron chi connectivity index (χ3n) is 3.41. The molecular weight excluding hydrogens is 304 g/mol. The number of aryl methyl sites for hydroxylation is 1. The highest BCUT2D eigenvalue weighted by atomic mass is 35.5. The van der Waals surface area contributed by atoms with E-state index in [2.05, 4.69) is 15.3 Å². The Morgan fingerprint density at radius 3 is 2.91 bits per heavy atom. The van der Waals surface area contributed by atoms with Crippen molar-refractivity contribution >= 4 is 23.6 Å². The molecule has 1 atom stereocenters. The Kier molecular flexibility index (Phi) is 5.11. The van der Waals surface area contributed by atoms with Crippen LogP contribution in [0.1, 0.15) is 39.2 Å². The molecule has 1 aliphatic rings. The van der Waals surface area contributed by atoms with Gasteiger partial charge >= 0.3 is 6.09 Å². The van der Waals surface area contributed by atoms with Crippen molar-refractivity contribution in [1.82, 2.24) is 14.9 Å². The quantitative estimate of drug-likeness (QED) is 0.864. The van der Waals surface area contributed by atoms with Gasteiger partial charge in [0.15, 0.2) is 0 Å². The first-order valence-corrected chi connectivity index (χ1v) is 7.87. The van der Waals surface area contributed by atoms with E-state index in [0.717, 1.165) is 24.9 Å². The minimum absolute atomic E-state index is 0.0820. The van der Waals surface area contributed by atoms with Gasteiger partial charge in [-0.2, -0.15) is 0 Å². The number of ether oxygens (including phenoxy) is 1. The molecule has 1 fully saturated rings. The van der Waals surface area contributed by atoms with Crippen molar-refractivity contribution in [3.63, 3.8) is 0 Å². The smallest absolute Gasteiger partial charge is 0.410 e. The number of hydrogen-bond acceptors (Lipinski definition) is 5. The van der Waals surface area contributed by atoms with E-state index in [-0.39, 0.29) is 12.1 Å². The van der Waals surface area contributed by atoms with Gasteiger partial charge in [-0.05, 0) is 40.5 Å². The van der Waals surface area contributed by atoms with Crippen LogP contribution in [0.2, 0.25) is 5.15 Å². The Bertz CT molecular complexity index is 545. The van der Waals surface area contributed by atoms with E-state index in [1.807, 2.05) is 27.7 Å². The zero-order chi connectivity index (χ0) is 16.3. The van der Waals surface area contributed by atoms with Gasteiger partial charge in [0.1, 0.15) is 10.8 Å². The van der Waals surface area contributed by atoms with Crippen molar-refractivity contribution in [1.29, 1.82) is 0 Å². The van der Waals surface area contributed by atoms with Crippen LogP contribution in [0.5, 0.6) is 0 Å². The molecule has 1 aromatic rings. The highest BCUT2D eigenvalue weighted by Crippen LogP contribution is 2.21. The fourth-order valence-electron chi connectivity index (χ4n) is 2.32. The molecule has 0 saturated carbocycles. The maximum atomic E-state index is 12.2. The fourth-order valence-corrected chi connectivity index (χ4v) is 2.45. The third-order valence-corrected chi connectivity index (χ3v) is 3.79. The number of carbonyl (C=O) groups is 1. The second kappa shape index (κ2) is 6.69. The summed E-state index contributed by atoms with van der Waals surface area (Å²) in [7, 11) is 0. The largest absolute Gasteiger partial charge is 0.444 e. The molecule has 122 valence electrons. The minimum Gasteiger partial charge on any atom is -0.444 e. The highest BCUT2D eigenvalue weighted by molar-refractivity contribution is 6.30. The van der Waals surface area contributed by atoms with E-state index in [1.165, 1.54) is 0 Å². The second-order valence-electron chi connectivity index (χ2n) is 6.52. The molecule has 2 heterocycles. The van der Waals surface area contributed by atoms with Gasteiger partial charge in [0.25, 0.3) is 0 Å². The second-order valence-corrected chi connectivity index (χ2v) is 6.88. The number of hydrogen-bond donors (Lipinski definition) is 1. The van der Waals surface area contributed by atoms with E-state index in [9.17, 15) is 4.79 Å². The molecule has 22 heavy (non-hydrogen) atoms. The summed E-state index contributed by atoms with van der Waals surface area (Å²) >= 11 is 5.99. The number of nitrogens with zero attached hydrogens (tertiary/aromatic N) is 3. The van der Waals surface area contributed by atoms with E-state index < -0.39 is 5.60 Å². The Labute approximate surface area is 136 Å². The predicted octanol–water partition coefficient (Wildman–Crippen LogP) is 3.25. The molecule has 0 aromatic carbocycles. The molecule has 0 bridgehead atoms. The van der Waals surface area contributed by atoms with Crippen molar-refractivity contribution in [2.45, 2.75) is 52.2 Å². The van der Waals surface area contributed by atoms with Crippen LogP contribution in [0.4, 0.5) is 10.7 Å². The summed E-state index contributed by atoms with van der Waals surface area (Å²) in [6, 6.07) is 0.0820. The van der Waals surface area contributed by atoms with E-state index in [0.29, 0.717) is 17.6 Å². The molecule has 1 aliphatic heterocycles. The van der Waals surface area contributed by atoms with Crippen molar-refractivity contribution < 1.29 is 9.53 Å². The van der Waals surface area contributed by atoms with Crippen LogP contribution in [0.15, 0.2) is 6.20 Å². The maximum absolute atomic E-state index is 12.2. The monoisotopic (exact) mass is 326 g/mol. The van der Waals surface area contributed by atoms with E-state index in [1.54, 1.807) is 11.1 Å². The minimum atomic E-state index is -0.481. The summed E-state index contributed by atoms with van der Waals surface area (Å²) in [5, 5.41) is 3.58. The van der Waals surface area contributed by atoms with Gasteiger partial charge < -0.3 is 15.0 Å². The number of likely N-dealkylation sites (tertiary alicyclic amines) is 1. The molecule has 1 N–H and O–H groups in total. The number of anilines is 1.